The SMILES string of the molecule is Cc1cc2c(c3ccc4ccccc4c13)CC(=O)C2. The van der Waals surface area contributed by atoms with Crippen LogP contribution in [0.4, 0.5) is 0 Å². The molecule has 1 aliphatic carbocycles. The predicted molar refractivity (Wildman–Crippen MR) is 78.6 cm³/mol. The Morgan fingerprint density at radius 1 is 0.947 bits per heavy atom. The second kappa shape index (κ2) is 3.67. The smallest absolute Gasteiger partial charge is 0.141 e. The van der Waals surface area contributed by atoms with Crippen molar-refractivity contribution in [2.24, 2.45) is 0 Å². The molecule has 0 radical (unpaired) electrons. The molecule has 0 N–H and O–H groups in total. The normalized spacial score (nSPS) is 14.3. The number of fused-ring (bicyclic) bond motifs is 5. The standard InChI is InChI=1S/C18H14O/c1-11-8-13-9-14(19)10-17(13)16-7-6-12-4-2-3-5-15(12)18(11)16/h2-8H,9-10H2,1H3. The van der Waals surface area contributed by atoms with Crippen LogP contribution in [0.1, 0.15) is 16.7 Å². The summed E-state index contributed by atoms with van der Waals surface area (Å²) < 4.78 is 0. The number of rotatable bonds is 0. The van der Waals surface area contributed by atoms with Crippen molar-refractivity contribution in [3.05, 3.63) is 59.2 Å². The minimum absolute atomic E-state index is 0.343. The third-order valence-electron chi connectivity index (χ3n) is 4.19. The van der Waals surface area contributed by atoms with Gasteiger partial charge in [-0.1, -0.05) is 42.5 Å². The molecule has 0 saturated heterocycles. The van der Waals surface area contributed by atoms with Gasteiger partial charge in [-0.3, -0.25) is 4.79 Å². The van der Waals surface area contributed by atoms with Crippen LogP contribution in [0, 0.1) is 6.92 Å². The third kappa shape index (κ3) is 1.45. The number of aryl methyl sites for hydroxylation is 1. The molecule has 0 amide bonds. The van der Waals surface area contributed by atoms with Gasteiger partial charge in [0.05, 0.1) is 0 Å². The van der Waals surface area contributed by atoms with E-state index in [-0.39, 0.29) is 0 Å². The van der Waals surface area contributed by atoms with E-state index in [1.165, 1.54) is 38.2 Å². The number of hydrogen-bond donors (Lipinski definition) is 0. The van der Waals surface area contributed by atoms with Gasteiger partial charge in [0, 0.05) is 12.8 Å². The summed E-state index contributed by atoms with van der Waals surface area (Å²) in [6, 6.07) is 15.0. The topological polar surface area (TPSA) is 17.1 Å². The highest BCUT2D eigenvalue weighted by Gasteiger charge is 2.22. The zero-order valence-corrected chi connectivity index (χ0v) is 10.9. The number of hydrogen-bond acceptors (Lipinski definition) is 1. The summed E-state index contributed by atoms with van der Waals surface area (Å²) in [4.78, 5) is 11.7. The van der Waals surface area contributed by atoms with Crippen LogP contribution in [-0.2, 0) is 17.6 Å². The number of carbonyl (C=O) groups is 1. The number of benzene rings is 3. The van der Waals surface area contributed by atoms with E-state index in [1.54, 1.807) is 0 Å². The van der Waals surface area contributed by atoms with Crippen LogP contribution in [-0.4, -0.2) is 5.78 Å². The first-order valence-electron chi connectivity index (χ1n) is 6.68. The van der Waals surface area contributed by atoms with E-state index in [1.807, 2.05) is 0 Å². The van der Waals surface area contributed by atoms with Gasteiger partial charge in [-0.15, -0.1) is 0 Å². The van der Waals surface area contributed by atoms with Gasteiger partial charge < -0.3 is 0 Å². The molecule has 0 saturated carbocycles. The van der Waals surface area contributed by atoms with Crippen LogP contribution < -0.4 is 0 Å². The van der Waals surface area contributed by atoms with Crippen molar-refractivity contribution < 1.29 is 4.79 Å². The van der Waals surface area contributed by atoms with Crippen LogP contribution in [0.3, 0.4) is 0 Å². The Morgan fingerprint density at radius 3 is 2.68 bits per heavy atom. The number of carbonyl (C=O) groups excluding carboxylic acids is 1. The summed E-state index contributed by atoms with van der Waals surface area (Å²) in [5, 5.41) is 5.13. The number of ketones is 1. The minimum Gasteiger partial charge on any atom is -0.299 e. The zero-order chi connectivity index (χ0) is 13.0. The van der Waals surface area contributed by atoms with Gasteiger partial charge in [0.1, 0.15) is 5.78 Å². The quantitative estimate of drug-likeness (QED) is 0.548. The molecule has 0 aromatic heterocycles. The van der Waals surface area contributed by atoms with Crippen LogP contribution in [0.5, 0.6) is 0 Å². The fourth-order valence-electron chi connectivity index (χ4n) is 3.38. The number of Topliss-reactive ketones (excluding diaryl/α,β-unsaturated/α-hetero) is 1. The molecule has 3 aromatic carbocycles. The van der Waals surface area contributed by atoms with Gasteiger partial charge in [0.25, 0.3) is 0 Å². The second-order valence-electron chi connectivity index (χ2n) is 5.43. The van der Waals surface area contributed by atoms with E-state index in [0.717, 1.165) is 0 Å². The molecular weight excluding hydrogens is 232 g/mol. The zero-order valence-electron chi connectivity index (χ0n) is 10.9. The fraction of sp³-hybridized carbons (Fsp3) is 0.167. The Labute approximate surface area is 111 Å². The van der Waals surface area contributed by atoms with E-state index in [0.29, 0.717) is 18.6 Å². The fourth-order valence-corrected chi connectivity index (χ4v) is 3.38. The lowest BCUT2D eigenvalue weighted by Crippen LogP contribution is -1.92. The van der Waals surface area contributed by atoms with Crippen LogP contribution >= 0.6 is 0 Å². The molecule has 4 rings (SSSR count). The average molecular weight is 246 g/mol. The minimum atomic E-state index is 0.343. The van der Waals surface area contributed by atoms with Crippen molar-refractivity contribution in [3.8, 4) is 0 Å². The Balaban J connectivity index is 2.23. The average Bonchev–Trinajstić information content (AvgIpc) is 2.78. The van der Waals surface area contributed by atoms with Crippen molar-refractivity contribution in [2.75, 3.05) is 0 Å². The maximum Gasteiger partial charge on any atom is 0.141 e. The van der Waals surface area contributed by atoms with Gasteiger partial charge in [0.15, 0.2) is 0 Å². The monoisotopic (exact) mass is 246 g/mol. The molecule has 0 bridgehead atoms. The molecular formula is C18H14O. The van der Waals surface area contributed by atoms with Crippen molar-refractivity contribution in [1.29, 1.82) is 0 Å². The summed E-state index contributed by atoms with van der Waals surface area (Å²) in [5.41, 5.74) is 3.75. The van der Waals surface area contributed by atoms with Gasteiger partial charge in [-0.05, 0) is 45.2 Å². The Hall–Kier alpha value is -2.15. The first-order chi connectivity index (χ1) is 9.24. The summed E-state index contributed by atoms with van der Waals surface area (Å²) >= 11 is 0. The molecule has 0 fully saturated rings. The summed E-state index contributed by atoms with van der Waals surface area (Å²) in [7, 11) is 0. The first kappa shape index (κ1) is 10.7. The molecule has 92 valence electrons. The Morgan fingerprint density at radius 2 is 1.79 bits per heavy atom. The molecule has 0 spiro atoms. The maximum atomic E-state index is 11.7. The molecule has 1 heteroatoms. The molecule has 1 aliphatic rings. The van der Waals surface area contributed by atoms with Crippen molar-refractivity contribution >= 4 is 27.3 Å². The highest BCUT2D eigenvalue weighted by Crippen LogP contribution is 2.35. The van der Waals surface area contributed by atoms with Gasteiger partial charge in [-0.25, -0.2) is 0 Å². The van der Waals surface area contributed by atoms with Crippen molar-refractivity contribution in [2.45, 2.75) is 19.8 Å². The maximum absolute atomic E-state index is 11.7. The lowest BCUT2D eigenvalue weighted by atomic mass is 9.93. The van der Waals surface area contributed by atoms with Crippen LogP contribution in [0.2, 0.25) is 0 Å². The van der Waals surface area contributed by atoms with Crippen LogP contribution in [0.25, 0.3) is 21.5 Å². The molecule has 1 nitrogen and oxygen atoms in total. The third-order valence-corrected chi connectivity index (χ3v) is 4.19. The highest BCUT2D eigenvalue weighted by atomic mass is 16.1. The Bertz CT molecular complexity index is 843. The van der Waals surface area contributed by atoms with E-state index in [4.69, 9.17) is 0 Å². The summed E-state index contributed by atoms with van der Waals surface area (Å²) in [6.45, 7) is 2.15. The molecule has 19 heavy (non-hydrogen) atoms. The van der Waals surface area contributed by atoms with E-state index in [9.17, 15) is 4.79 Å². The Kier molecular flexibility index (Phi) is 2.08. The molecule has 0 unspecified atom stereocenters. The van der Waals surface area contributed by atoms with Gasteiger partial charge in [-0.2, -0.15) is 0 Å². The van der Waals surface area contributed by atoms with Gasteiger partial charge >= 0.3 is 0 Å². The van der Waals surface area contributed by atoms with Crippen LogP contribution in [0.15, 0.2) is 42.5 Å². The van der Waals surface area contributed by atoms with E-state index >= 15 is 0 Å². The van der Waals surface area contributed by atoms with Gasteiger partial charge in [0.2, 0.25) is 0 Å². The predicted octanol–water partition coefficient (Wildman–Crippen LogP) is 3.97. The molecule has 3 aromatic rings. The summed E-state index contributed by atoms with van der Waals surface area (Å²) in [5.74, 6) is 0.343. The lowest BCUT2D eigenvalue weighted by molar-refractivity contribution is -0.117. The largest absolute Gasteiger partial charge is 0.299 e. The van der Waals surface area contributed by atoms with E-state index in [2.05, 4.69) is 49.4 Å². The molecule has 0 aliphatic heterocycles. The van der Waals surface area contributed by atoms with Crippen molar-refractivity contribution in [1.82, 2.24) is 0 Å². The lowest BCUT2D eigenvalue weighted by Gasteiger charge is -2.11. The first-order valence-corrected chi connectivity index (χ1v) is 6.68. The summed E-state index contributed by atoms with van der Waals surface area (Å²) in [6.07, 6.45) is 1.21. The molecule has 0 atom stereocenters. The van der Waals surface area contributed by atoms with E-state index < -0.39 is 0 Å². The highest BCUT2D eigenvalue weighted by molar-refractivity contribution is 6.12. The van der Waals surface area contributed by atoms with Crippen molar-refractivity contribution in [3.63, 3.8) is 0 Å². The second-order valence-corrected chi connectivity index (χ2v) is 5.43. The molecule has 0 heterocycles.